The van der Waals surface area contributed by atoms with E-state index in [1.807, 2.05) is 0 Å². The molecule has 1 atom stereocenters. The van der Waals surface area contributed by atoms with Gasteiger partial charge in [0.25, 0.3) is 0 Å². The third kappa shape index (κ3) is 9.76. The first kappa shape index (κ1) is 13.8. The molecule has 0 saturated carbocycles. The zero-order chi connectivity index (χ0) is 18.1. The fraction of sp³-hybridized carbons (Fsp3) is 0.765. The summed E-state index contributed by atoms with van der Waals surface area (Å²) in [5, 5.41) is 0. The number of ketones is 1. The maximum atomic E-state index is 12.1. The van der Waals surface area contributed by atoms with Crippen molar-refractivity contribution in [2.24, 2.45) is 5.92 Å². The lowest BCUT2D eigenvalue weighted by atomic mass is 10.0. The molecule has 0 radical (unpaired) electrons. The molecule has 0 saturated heterocycles. The van der Waals surface area contributed by atoms with Crippen LogP contribution in [0.5, 0.6) is 0 Å². The Bertz CT molecular complexity index is 406. The molecule has 0 aliphatic heterocycles. The van der Waals surface area contributed by atoms with Crippen LogP contribution in [0.3, 0.4) is 0 Å². The van der Waals surface area contributed by atoms with Gasteiger partial charge in [-0.2, -0.15) is 0 Å². The van der Waals surface area contributed by atoms with Gasteiger partial charge in [0, 0.05) is 4.11 Å². The monoisotopic (exact) mass is 285 g/mol. The molecule has 0 heterocycles. The van der Waals surface area contributed by atoms with E-state index in [9.17, 15) is 9.59 Å². The average molecular weight is 285 g/mol. The van der Waals surface area contributed by atoms with Crippen molar-refractivity contribution >= 4 is 11.8 Å². The van der Waals surface area contributed by atoms with Crippen molar-refractivity contribution in [3.63, 3.8) is 0 Å². The van der Waals surface area contributed by atoms with E-state index >= 15 is 0 Å². The first-order valence-corrected chi connectivity index (χ1v) is 7.43. The molecule has 0 N–H and O–H groups in total. The second-order valence-electron chi connectivity index (χ2n) is 6.01. The fourth-order valence-corrected chi connectivity index (χ4v) is 1.74. The Labute approximate surface area is 128 Å². The highest BCUT2D eigenvalue weighted by atomic mass is 16.6. The van der Waals surface area contributed by atoms with Crippen molar-refractivity contribution in [1.82, 2.24) is 0 Å². The molecule has 0 spiro atoms. The number of unbranched alkanes of at least 4 members (excludes halogenated alkanes) is 5. The van der Waals surface area contributed by atoms with Crippen LogP contribution >= 0.6 is 0 Å². The van der Waals surface area contributed by atoms with Gasteiger partial charge in [-0.1, -0.05) is 44.8 Å². The van der Waals surface area contributed by atoms with Crippen LogP contribution in [0.2, 0.25) is 0 Å². The quantitative estimate of drug-likeness (QED) is 0.272. The van der Waals surface area contributed by atoms with Crippen LogP contribution in [-0.4, -0.2) is 17.4 Å². The van der Waals surface area contributed by atoms with E-state index in [0.29, 0.717) is 0 Å². The van der Waals surface area contributed by atoms with E-state index in [1.54, 1.807) is 26.8 Å². The molecular formula is C17H30O3. The van der Waals surface area contributed by atoms with Gasteiger partial charge in [0.15, 0.2) is 0 Å². The summed E-state index contributed by atoms with van der Waals surface area (Å²) in [7, 11) is 0. The number of carbonyl (C=O) groups excluding carboxylic acids is 2. The number of hydrogen-bond acceptors (Lipinski definition) is 3. The summed E-state index contributed by atoms with van der Waals surface area (Å²) in [6.07, 6.45) is 9.38. The molecule has 1 unspecified atom stereocenters. The molecule has 0 rings (SSSR count). The van der Waals surface area contributed by atoms with Gasteiger partial charge in [-0.3, -0.25) is 9.59 Å². The Kier molecular flexibility index (Phi) is 6.74. The van der Waals surface area contributed by atoms with Crippen LogP contribution in [0.25, 0.3) is 0 Å². The number of Topliss-reactive ketones (excluding diaryl/α,β-unsaturated/α-hetero) is 1. The van der Waals surface area contributed by atoms with Crippen molar-refractivity contribution in [3.8, 4) is 0 Å². The Morgan fingerprint density at radius 2 is 1.85 bits per heavy atom. The Morgan fingerprint density at radius 3 is 2.40 bits per heavy atom. The minimum atomic E-state index is -2.81. The first-order valence-electron chi connectivity index (χ1n) is 8.93. The van der Waals surface area contributed by atoms with E-state index in [-0.39, 0.29) is 0 Å². The number of hydrogen-bond donors (Lipinski definition) is 0. The number of carbonyl (C=O) groups is 2. The lowest BCUT2D eigenvalue weighted by Gasteiger charge is -2.21. The summed E-state index contributed by atoms with van der Waals surface area (Å²) in [5.41, 5.74) is -0.766. The molecule has 0 aliphatic carbocycles. The zero-order valence-electron chi connectivity index (χ0n) is 16.2. The van der Waals surface area contributed by atoms with E-state index in [4.69, 9.17) is 8.85 Å². The highest BCUT2D eigenvalue weighted by Crippen LogP contribution is 2.14. The third-order valence-corrected chi connectivity index (χ3v) is 2.75. The summed E-state index contributed by atoms with van der Waals surface area (Å²) < 4.78 is 26.8. The minimum absolute atomic E-state index is 0.720. The van der Waals surface area contributed by atoms with Crippen molar-refractivity contribution in [2.75, 3.05) is 0 Å². The second kappa shape index (κ2) is 9.73. The number of rotatable bonds is 9. The van der Waals surface area contributed by atoms with Gasteiger partial charge < -0.3 is 4.74 Å². The summed E-state index contributed by atoms with van der Waals surface area (Å²) >= 11 is 0. The van der Waals surface area contributed by atoms with Crippen LogP contribution in [0, 0.1) is 5.92 Å². The SMILES string of the molecule is [2H]C([2H])([2H])C(=O)C(C=CCCCCCCC)C(=O)OC(C)(C)C. The first-order chi connectivity index (χ1) is 10.5. The molecule has 3 nitrogen and oxygen atoms in total. The van der Waals surface area contributed by atoms with Crippen molar-refractivity contribution in [3.05, 3.63) is 12.2 Å². The van der Waals surface area contributed by atoms with Crippen LogP contribution in [0.4, 0.5) is 0 Å². The van der Waals surface area contributed by atoms with E-state index in [2.05, 4.69) is 6.92 Å². The van der Waals surface area contributed by atoms with E-state index < -0.39 is 30.1 Å². The normalized spacial score (nSPS) is 16.3. The molecular weight excluding hydrogens is 252 g/mol. The predicted octanol–water partition coefficient (Wildman–Crippen LogP) is 4.45. The van der Waals surface area contributed by atoms with Crippen LogP contribution in [-0.2, 0) is 14.3 Å². The summed E-state index contributed by atoms with van der Waals surface area (Å²) in [6, 6.07) is 0. The number of esters is 1. The van der Waals surface area contributed by atoms with E-state index in [1.165, 1.54) is 18.9 Å². The second-order valence-corrected chi connectivity index (χ2v) is 6.01. The van der Waals surface area contributed by atoms with Gasteiger partial charge >= 0.3 is 5.97 Å². The zero-order valence-corrected chi connectivity index (χ0v) is 13.2. The van der Waals surface area contributed by atoms with Gasteiger partial charge in [-0.25, -0.2) is 0 Å². The molecule has 0 aromatic carbocycles. The maximum absolute atomic E-state index is 12.1. The minimum Gasteiger partial charge on any atom is -0.459 e. The molecule has 3 heteroatoms. The Hall–Kier alpha value is -1.12. The fourth-order valence-electron chi connectivity index (χ4n) is 1.74. The standard InChI is InChI=1S/C17H30O3/c1-6-7-8-9-10-11-12-13-15(14(2)18)16(19)20-17(3,4)5/h12-13,15H,6-11H2,1-5H3/i2D3. The molecule has 0 aromatic rings. The highest BCUT2D eigenvalue weighted by molar-refractivity contribution is 5.99. The van der Waals surface area contributed by atoms with Crippen molar-refractivity contribution < 1.29 is 18.4 Å². The highest BCUT2D eigenvalue weighted by Gasteiger charge is 2.26. The van der Waals surface area contributed by atoms with Gasteiger partial charge in [0.05, 0.1) is 0 Å². The summed E-state index contributed by atoms with van der Waals surface area (Å²) in [6.45, 7) is 4.37. The predicted molar refractivity (Wildman–Crippen MR) is 82.5 cm³/mol. The largest absolute Gasteiger partial charge is 0.459 e. The van der Waals surface area contributed by atoms with Gasteiger partial charge in [0.2, 0.25) is 0 Å². The maximum Gasteiger partial charge on any atom is 0.320 e. The molecule has 0 aliphatic rings. The molecule has 0 amide bonds. The lowest BCUT2D eigenvalue weighted by molar-refractivity contribution is -0.159. The molecule has 20 heavy (non-hydrogen) atoms. The molecule has 0 aromatic heterocycles. The molecule has 116 valence electrons. The average Bonchev–Trinajstić information content (AvgIpc) is 2.38. The topological polar surface area (TPSA) is 43.4 Å². The van der Waals surface area contributed by atoms with Gasteiger partial charge in [-0.05, 0) is 40.5 Å². The number of ether oxygens (including phenoxy) is 1. The summed E-state index contributed by atoms with van der Waals surface area (Å²) in [4.78, 5) is 24.1. The van der Waals surface area contributed by atoms with Crippen molar-refractivity contribution in [2.45, 2.75) is 78.7 Å². The third-order valence-electron chi connectivity index (χ3n) is 2.75. The smallest absolute Gasteiger partial charge is 0.320 e. The van der Waals surface area contributed by atoms with Crippen LogP contribution in [0.15, 0.2) is 12.2 Å². The Morgan fingerprint density at radius 1 is 1.20 bits per heavy atom. The number of allylic oxidation sites excluding steroid dienone is 1. The lowest BCUT2D eigenvalue weighted by Crippen LogP contribution is -2.30. The van der Waals surface area contributed by atoms with Gasteiger partial charge in [-0.15, -0.1) is 0 Å². The van der Waals surface area contributed by atoms with Crippen LogP contribution in [0.1, 0.15) is 77.2 Å². The van der Waals surface area contributed by atoms with Gasteiger partial charge in [0.1, 0.15) is 17.3 Å². The molecule has 0 fully saturated rings. The van der Waals surface area contributed by atoms with E-state index in [0.717, 1.165) is 25.7 Å². The Balaban J connectivity index is 4.74. The van der Waals surface area contributed by atoms with Crippen LogP contribution < -0.4 is 0 Å². The van der Waals surface area contributed by atoms with Crippen molar-refractivity contribution in [1.29, 1.82) is 0 Å². The summed E-state index contributed by atoms with van der Waals surface area (Å²) in [5.74, 6) is -3.26. The molecule has 0 bridgehead atoms.